The van der Waals surface area contributed by atoms with Gasteiger partial charge < -0.3 is 0 Å². The van der Waals surface area contributed by atoms with Crippen LogP contribution in [0.2, 0.25) is 0 Å². The molecule has 0 aliphatic rings. The Balaban J connectivity index is 2.25. The van der Waals surface area contributed by atoms with Gasteiger partial charge in [-0.15, -0.1) is 0 Å². The Morgan fingerprint density at radius 2 is 0.939 bits per heavy atom. The second kappa shape index (κ2) is 12.5. The summed E-state index contributed by atoms with van der Waals surface area (Å²) < 4.78 is 0. The van der Waals surface area contributed by atoms with E-state index >= 15 is 0 Å². The minimum Gasteiger partial charge on any atom is -0.263 e. The quantitative estimate of drug-likeness (QED) is 0.308. The number of aromatic nitrogens is 5. The Labute approximate surface area is 199 Å². The summed E-state index contributed by atoms with van der Waals surface area (Å²) >= 11 is 0. The summed E-state index contributed by atoms with van der Waals surface area (Å²) in [6.07, 6.45) is 17.8. The molecule has 0 aliphatic heterocycles. The Morgan fingerprint density at radius 1 is 0.515 bits per heavy atom. The lowest BCUT2D eigenvalue weighted by Crippen LogP contribution is -2.07. The first-order valence-corrected chi connectivity index (χ1v) is 12.8. The van der Waals surface area contributed by atoms with E-state index in [1.807, 2.05) is 24.8 Å². The van der Waals surface area contributed by atoms with Crippen LogP contribution in [0.1, 0.15) is 95.1 Å². The molecule has 0 aromatic carbocycles. The molecule has 0 bridgehead atoms. The van der Waals surface area contributed by atoms with Crippen molar-refractivity contribution < 1.29 is 0 Å². The lowest BCUT2D eigenvalue weighted by molar-refractivity contribution is 0.827. The van der Waals surface area contributed by atoms with E-state index in [9.17, 15) is 0 Å². The highest BCUT2D eigenvalue weighted by Gasteiger charge is 2.20. The van der Waals surface area contributed by atoms with E-state index in [1.165, 1.54) is 5.56 Å². The number of rotatable bonds is 12. The van der Waals surface area contributed by atoms with Gasteiger partial charge in [0.15, 0.2) is 0 Å². The minimum atomic E-state index is 0.914. The number of aryl methyl sites for hydroxylation is 4. The van der Waals surface area contributed by atoms with E-state index in [0.717, 1.165) is 109 Å². The van der Waals surface area contributed by atoms with Crippen LogP contribution in [-0.4, -0.2) is 24.9 Å². The lowest BCUT2D eigenvalue weighted by atomic mass is 9.93. The Kier molecular flexibility index (Phi) is 9.47. The van der Waals surface area contributed by atoms with E-state index in [4.69, 9.17) is 24.9 Å². The SMILES string of the molecule is CCCc1cnc(CCC)c(-c2cncc(-c3nc(CCC)cnc3CCC)c2CCC)n1. The van der Waals surface area contributed by atoms with Gasteiger partial charge in [-0.3, -0.25) is 15.0 Å². The molecule has 3 heterocycles. The summed E-state index contributed by atoms with van der Waals surface area (Å²) in [6, 6.07) is 0. The highest BCUT2D eigenvalue weighted by molar-refractivity contribution is 5.76. The Morgan fingerprint density at radius 3 is 1.33 bits per heavy atom. The average molecular weight is 446 g/mol. The zero-order valence-electron chi connectivity index (χ0n) is 21.1. The van der Waals surface area contributed by atoms with Gasteiger partial charge in [0.05, 0.1) is 34.2 Å². The normalized spacial score (nSPS) is 11.2. The molecule has 3 rings (SSSR count). The predicted molar refractivity (Wildman–Crippen MR) is 136 cm³/mol. The van der Waals surface area contributed by atoms with Crippen molar-refractivity contribution >= 4 is 0 Å². The number of hydrogen-bond acceptors (Lipinski definition) is 5. The smallest absolute Gasteiger partial charge is 0.0939 e. The number of hydrogen-bond donors (Lipinski definition) is 0. The zero-order valence-corrected chi connectivity index (χ0v) is 21.1. The standard InChI is InChI=1S/C28H39N5/c1-6-11-20-16-30-25(14-9-4)27(32-20)23-18-29-19-24(22(23)13-8-3)28-26(15-10-5)31-17-21(33-28)12-7-2/h16-19H,6-15H2,1-5H3. The summed E-state index contributed by atoms with van der Waals surface area (Å²) in [7, 11) is 0. The van der Waals surface area contributed by atoms with Crippen molar-refractivity contribution in [2.45, 2.75) is 98.8 Å². The van der Waals surface area contributed by atoms with Crippen molar-refractivity contribution in [3.8, 4) is 22.5 Å². The summed E-state index contributed by atoms with van der Waals surface area (Å²) in [5.41, 5.74) is 9.70. The number of pyridine rings is 1. The van der Waals surface area contributed by atoms with Gasteiger partial charge in [-0.05, 0) is 37.7 Å². The molecule has 0 radical (unpaired) electrons. The van der Waals surface area contributed by atoms with Crippen molar-refractivity contribution in [3.63, 3.8) is 0 Å². The summed E-state index contributed by atoms with van der Waals surface area (Å²) in [4.78, 5) is 24.6. The highest BCUT2D eigenvalue weighted by atomic mass is 14.8. The van der Waals surface area contributed by atoms with Crippen LogP contribution in [-0.2, 0) is 32.1 Å². The van der Waals surface area contributed by atoms with Crippen LogP contribution < -0.4 is 0 Å². The first-order chi connectivity index (χ1) is 16.2. The fraction of sp³-hybridized carbons (Fsp3) is 0.536. The molecule has 3 aromatic rings. The first kappa shape index (κ1) is 24.9. The molecular weight excluding hydrogens is 406 g/mol. The summed E-state index contributed by atoms with van der Waals surface area (Å²) in [5.74, 6) is 0. The molecule has 0 amide bonds. The van der Waals surface area contributed by atoms with Gasteiger partial charge in [-0.1, -0.05) is 66.7 Å². The van der Waals surface area contributed by atoms with Crippen molar-refractivity contribution in [1.82, 2.24) is 24.9 Å². The van der Waals surface area contributed by atoms with Gasteiger partial charge in [0, 0.05) is 35.9 Å². The molecule has 176 valence electrons. The van der Waals surface area contributed by atoms with Crippen LogP contribution in [0.15, 0.2) is 24.8 Å². The molecule has 3 aromatic heterocycles. The molecule has 0 saturated heterocycles. The summed E-state index contributed by atoms with van der Waals surface area (Å²) in [6.45, 7) is 11.0. The van der Waals surface area contributed by atoms with Gasteiger partial charge in [0.1, 0.15) is 0 Å². The predicted octanol–water partition coefficient (Wildman–Crippen LogP) is 6.76. The average Bonchev–Trinajstić information content (AvgIpc) is 2.82. The topological polar surface area (TPSA) is 64.5 Å². The first-order valence-electron chi connectivity index (χ1n) is 12.8. The Hall–Kier alpha value is -2.69. The van der Waals surface area contributed by atoms with Crippen LogP contribution in [0.25, 0.3) is 22.5 Å². The fourth-order valence-corrected chi connectivity index (χ4v) is 4.34. The number of nitrogens with zero attached hydrogens (tertiary/aromatic N) is 5. The molecular formula is C28H39N5. The van der Waals surface area contributed by atoms with Crippen LogP contribution in [0, 0.1) is 0 Å². The lowest BCUT2D eigenvalue weighted by Gasteiger charge is -2.18. The molecule has 5 heteroatoms. The van der Waals surface area contributed by atoms with E-state index in [-0.39, 0.29) is 0 Å². The molecule has 0 unspecified atom stereocenters. The second-order valence-electron chi connectivity index (χ2n) is 8.78. The third-order valence-electron chi connectivity index (χ3n) is 5.85. The third kappa shape index (κ3) is 6.01. The van der Waals surface area contributed by atoms with Crippen LogP contribution >= 0.6 is 0 Å². The molecule has 0 saturated carbocycles. The van der Waals surface area contributed by atoms with Gasteiger partial charge in [-0.2, -0.15) is 0 Å². The molecule has 0 atom stereocenters. The molecule has 0 aliphatic carbocycles. The monoisotopic (exact) mass is 445 g/mol. The molecule has 0 N–H and O–H groups in total. The maximum atomic E-state index is 5.10. The summed E-state index contributed by atoms with van der Waals surface area (Å²) in [5, 5.41) is 0. The fourth-order valence-electron chi connectivity index (χ4n) is 4.34. The van der Waals surface area contributed by atoms with Gasteiger partial charge in [0.2, 0.25) is 0 Å². The third-order valence-corrected chi connectivity index (χ3v) is 5.85. The van der Waals surface area contributed by atoms with Crippen LogP contribution in [0.4, 0.5) is 0 Å². The van der Waals surface area contributed by atoms with E-state index < -0.39 is 0 Å². The van der Waals surface area contributed by atoms with E-state index in [2.05, 4.69) is 34.6 Å². The van der Waals surface area contributed by atoms with Gasteiger partial charge in [0.25, 0.3) is 0 Å². The van der Waals surface area contributed by atoms with Crippen molar-refractivity contribution in [3.05, 3.63) is 53.1 Å². The van der Waals surface area contributed by atoms with Crippen LogP contribution in [0.3, 0.4) is 0 Å². The zero-order chi connectivity index (χ0) is 23.6. The van der Waals surface area contributed by atoms with E-state index in [0.29, 0.717) is 0 Å². The van der Waals surface area contributed by atoms with Crippen molar-refractivity contribution in [1.29, 1.82) is 0 Å². The highest BCUT2D eigenvalue weighted by Crippen LogP contribution is 2.34. The molecule has 33 heavy (non-hydrogen) atoms. The second-order valence-corrected chi connectivity index (χ2v) is 8.78. The van der Waals surface area contributed by atoms with Crippen molar-refractivity contribution in [2.75, 3.05) is 0 Å². The maximum Gasteiger partial charge on any atom is 0.0939 e. The molecule has 5 nitrogen and oxygen atoms in total. The minimum absolute atomic E-state index is 0.914. The maximum absolute atomic E-state index is 5.10. The van der Waals surface area contributed by atoms with Gasteiger partial charge in [-0.25, -0.2) is 9.97 Å². The largest absolute Gasteiger partial charge is 0.263 e. The Bertz CT molecular complexity index is 967. The van der Waals surface area contributed by atoms with Gasteiger partial charge >= 0.3 is 0 Å². The van der Waals surface area contributed by atoms with Crippen molar-refractivity contribution in [2.24, 2.45) is 0 Å². The van der Waals surface area contributed by atoms with Crippen LogP contribution in [0.5, 0.6) is 0 Å². The molecule has 0 fully saturated rings. The van der Waals surface area contributed by atoms with E-state index in [1.54, 1.807) is 0 Å². The molecule has 0 spiro atoms.